The highest BCUT2D eigenvalue weighted by Crippen LogP contribution is 2.28. The number of benzene rings is 1. The Morgan fingerprint density at radius 3 is 2.76 bits per heavy atom. The van der Waals surface area contributed by atoms with E-state index in [-0.39, 0.29) is 17.7 Å². The number of amidine groups is 1. The number of para-hydroxylation sites is 1. The number of nitrogens with zero attached hydrogens (tertiary/aromatic N) is 1. The predicted octanol–water partition coefficient (Wildman–Crippen LogP) is 1.40. The summed E-state index contributed by atoms with van der Waals surface area (Å²) >= 11 is 0. The molecule has 0 saturated carbocycles. The molecule has 0 bridgehead atoms. The van der Waals surface area contributed by atoms with Gasteiger partial charge in [0.05, 0.1) is 12.8 Å². The largest absolute Gasteiger partial charge is 0.495 e. The summed E-state index contributed by atoms with van der Waals surface area (Å²) in [5, 5.41) is 14.5. The van der Waals surface area contributed by atoms with Gasteiger partial charge in [0.1, 0.15) is 5.75 Å². The molecule has 0 aliphatic rings. The average molecular weight is 295 g/mol. The van der Waals surface area contributed by atoms with Gasteiger partial charge in [-0.15, -0.1) is 0 Å². The lowest BCUT2D eigenvalue weighted by Crippen LogP contribution is -2.22. The van der Waals surface area contributed by atoms with Crippen LogP contribution in [0, 0.1) is 5.92 Å². The summed E-state index contributed by atoms with van der Waals surface area (Å²) in [6, 6.07) is 5.00. The van der Waals surface area contributed by atoms with Crippen molar-refractivity contribution in [2.45, 2.75) is 13.3 Å². The van der Waals surface area contributed by atoms with Crippen molar-refractivity contribution in [1.29, 1.82) is 0 Å². The number of carbonyl (C=O) groups is 1. The Kier molecular flexibility index (Phi) is 6.48. The van der Waals surface area contributed by atoms with Gasteiger partial charge < -0.3 is 25.7 Å². The Balaban J connectivity index is 2.98. The van der Waals surface area contributed by atoms with E-state index in [9.17, 15) is 4.79 Å². The van der Waals surface area contributed by atoms with Gasteiger partial charge in [-0.2, -0.15) is 0 Å². The third-order valence-electron chi connectivity index (χ3n) is 2.88. The molecule has 0 aliphatic heterocycles. The second kappa shape index (κ2) is 8.11. The number of hydrogen-bond donors (Lipinski definition) is 3. The van der Waals surface area contributed by atoms with Crippen molar-refractivity contribution in [3.8, 4) is 5.75 Å². The van der Waals surface area contributed by atoms with Crippen LogP contribution in [0.4, 0.5) is 5.69 Å². The van der Waals surface area contributed by atoms with E-state index in [2.05, 4.69) is 10.5 Å². The number of rotatable bonds is 7. The number of ether oxygens (including phenoxy) is 2. The van der Waals surface area contributed by atoms with Crippen molar-refractivity contribution in [3.05, 3.63) is 23.8 Å². The van der Waals surface area contributed by atoms with Crippen LogP contribution in [0.25, 0.3) is 0 Å². The minimum absolute atomic E-state index is 0.0806. The van der Waals surface area contributed by atoms with Gasteiger partial charge >= 0.3 is 0 Å². The van der Waals surface area contributed by atoms with Crippen LogP contribution in [0.3, 0.4) is 0 Å². The maximum Gasteiger partial charge on any atom is 0.224 e. The Bertz CT molecular complexity index is 517. The van der Waals surface area contributed by atoms with Crippen molar-refractivity contribution < 1.29 is 19.5 Å². The first-order valence-corrected chi connectivity index (χ1v) is 6.47. The molecule has 1 aromatic carbocycles. The van der Waals surface area contributed by atoms with Crippen LogP contribution in [0.2, 0.25) is 0 Å². The van der Waals surface area contributed by atoms with Crippen LogP contribution < -0.4 is 15.8 Å². The lowest BCUT2D eigenvalue weighted by Gasteiger charge is -2.15. The fraction of sp³-hybridized carbons (Fsp3) is 0.429. The summed E-state index contributed by atoms with van der Waals surface area (Å²) in [5.41, 5.74) is 6.39. The van der Waals surface area contributed by atoms with Gasteiger partial charge in [-0.25, -0.2) is 0 Å². The Hall–Kier alpha value is -2.28. The summed E-state index contributed by atoms with van der Waals surface area (Å²) in [6.45, 7) is 2.40. The second-order valence-corrected chi connectivity index (χ2v) is 4.68. The van der Waals surface area contributed by atoms with Gasteiger partial charge in [0.15, 0.2) is 5.84 Å². The zero-order valence-corrected chi connectivity index (χ0v) is 12.4. The Morgan fingerprint density at radius 2 is 2.19 bits per heavy atom. The molecule has 1 rings (SSSR count). The molecule has 21 heavy (non-hydrogen) atoms. The van der Waals surface area contributed by atoms with Crippen LogP contribution in [-0.4, -0.2) is 37.8 Å². The summed E-state index contributed by atoms with van der Waals surface area (Å²) in [7, 11) is 3.07. The molecule has 7 nitrogen and oxygen atoms in total. The van der Waals surface area contributed by atoms with Crippen molar-refractivity contribution in [1.82, 2.24) is 0 Å². The Labute approximate surface area is 123 Å². The van der Waals surface area contributed by atoms with E-state index in [1.165, 1.54) is 7.11 Å². The van der Waals surface area contributed by atoms with Gasteiger partial charge in [-0.1, -0.05) is 18.1 Å². The Morgan fingerprint density at radius 1 is 1.48 bits per heavy atom. The van der Waals surface area contributed by atoms with E-state index in [0.717, 1.165) is 0 Å². The van der Waals surface area contributed by atoms with Gasteiger partial charge in [-0.3, -0.25) is 4.79 Å². The molecule has 0 heterocycles. The summed E-state index contributed by atoms with van der Waals surface area (Å²) < 4.78 is 10.2. The van der Waals surface area contributed by atoms with Crippen molar-refractivity contribution >= 4 is 17.4 Å². The molecule has 0 saturated heterocycles. The zero-order chi connectivity index (χ0) is 15.8. The first kappa shape index (κ1) is 16.8. The number of nitrogens with one attached hydrogen (secondary N) is 1. The van der Waals surface area contributed by atoms with E-state index < -0.39 is 0 Å². The van der Waals surface area contributed by atoms with Gasteiger partial charge in [0, 0.05) is 25.7 Å². The van der Waals surface area contributed by atoms with Gasteiger partial charge in [-0.05, 0) is 18.1 Å². The standard InChI is InChI=1S/C14H21N3O4/c1-9(8-20-2)7-12(18)16-13-10(14(15)17-19)5-4-6-11(13)21-3/h4-6,9,19H,7-8H2,1-3H3,(H2,15,17)(H,16,18). The first-order valence-electron chi connectivity index (χ1n) is 6.47. The molecule has 1 unspecified atom stereocenters. The molecule has 0 fully saturated rings. The smallest absolute Gasteiger partial charge is 0.224 e. The average Bonchev–Trinajstić information content (AvgIpc) is 2.46. The summed E-state index contributed by atoms with van der Waals surface area (Å²) in [6.07, 6.45) is 0.293. The molecule has 0 aromatic heterocycles. The number of methoxy groups -OCH3 is 2. The summed E-state index contributed by atoms with van der Waals surface area (Å²) in [5.74, 6) is 0.217. The van der Waals surface area contributed by atoms with E-state index in [1.54, 1.807) is 25.3 Å². The molecule has 0 spiro atoms. The summed E-state index contributed by atoms with van der Waals surface area (Å²) in [4.78, 5) is 12.1. The number of hydrogen-bond acceptors (Lipinski definition) is 5. The predicted molar refractivity (Wildman–Crippen MR) is 79.8 cm³/mol. The van der Waals surface area contributed by atoms with Crippen molar-refractivity contribution in [2.75, 3.05) is 26.1 Å². The zero-order valence-electron chi connectivity index (χ0n) is 12.4. The van der Waals surface area contributed by atoms with E-state index >= 15 is 0 Å². The van der Waals surface area contributed by atoms with E-state index in [0.29, 0.717) is 30.0 Å². The lowest BCUT2D eigenvalue weighted by molar-refractivity contribution is -0.117. The maximum absolute atomic E-state index is 12.1. The number of nitrogens with two attached hydrogens (primary N) is 1. The lowest BCUT2D eigenvalue weighted by atomic mass is 10.1. The number of oxime groups is 1. The molecule has 116 valence electrons. The highest BCUT2D eigenvalue weighted by molar-refractivity contribution is 6.07. The third-order valence-corrected chi connectivity index (χ3v) is 2.88. The highest BCUT2D eigenvalue weighted by Gasteiger charge is 2.16. The minimum atomic E-state index is -0.198. The molecule has 0 aliphatic carbocycles. The third kappa shape index (κ3) is 4.64. The molecule has 1 atom stereocenters. The van der Waals surface area contributed by atoms with Crippen LogP contribution in [-0.2, 0) is 9.53 Å². The van der Waals surface area contributed by atoms with E-state index in [4.69, 9.17) is 20.4 Å². The maximum atomic E-state index is 12.1. The second-order valence-electron chi connectivity index (χ2n) is 4.68. The SMILES string of the molecule is COCC(C)CC(=O)Nc1c(OC)cccc1/C(N)=N/O. The van der Waals surface area contributed by atoms with Crippen LogP contribution in [0.5, 0.6) is 5.75 Å². The fourth-order valence-corrected chi connectivity index (χ4v) is 1.95. The first-order chi connectivity index (χ1) is 10.0. The fourth-order valence-electron chi connectivity index (χ4n) is 1.95. The number of carbonyl (C=O) groups excluding carboxylic acids is 1. The molecule has 7 heteroatoms. The van der Waals surface area contributed by atoms with Gasteiger partial charge in [0.25, 0.3) is 0 Å². The van der Waals surface area contributed by atoms with Crippen LogP contribution in [0.1, 0.15) is 18.9 Å². The topological polar surface area (TPSA) is 106 Å². The normalized spacial score (nSPS) is 12.8. The molecular weight excluding hydrogens is 274 g/mol. The molecule has 1 aromatic rings. The molecule has 0 radical (unpaired) electrons. The molecule has 4 N–H and O–H groups in total. The van der Waals surface area contributed by atoms with Crippen molar-refractivity contribution in [3.63, 3.8) is 0 Å². The highest BCUT2D eigenvalue weighted by atomic mass is 16.5. The van der Waals surface area contributed by atoms with Gasteiger partial charge in [0.2, 0.25) is 5.91 Å². The van der Waals surface area contributed by atoms with E-state index in [1.807, 2.05) is 6.92 Å². The minimum Gasteiger partial charge on any atom is -0.495 e. The molecule has 1 amide bonds. The monoisotopic (exact) mass is 295 g/mol. The van der Waals surface area contributed by atoms with Crippen LogP contribution >= 0.6 is 0 Å². The number of amides is 1. The van der Waals surface area contributed by atoms with Crippen molar-refractivity contribution in [2.24, 2.45) is 16.8 Å². The quantitative estimate of drug-likeness (QED) is 0.305. The number of anilines is 1. The molecular formula is C14H21N3O4. The van der Waals surface area contributed by atoms with Crippen LogP contribution in [0.15, 0.2) is 23.4 Å².